The summed E-state index contributed by atoms with van der Waals surface area (Å²) in [5.74, 6) is -6.11. The third-order valence-corrected chi connectivity index (χ3v) is 2.50. The van der Waals surface area contributed by atoms with Crippen molar-refractivity contribution >= 4 is 17.3 Å². The lowest BCUT2D eigenvalue weighted by atomic mass is 10.1. The fraction of sp³-hybridized carbons (Fsp3) is 0. The number of carbonyl (C=O) groups is 1. The molecule has 2 rings (SSSR count). The molecule has 3 N–H and O–H groups in total. The topological polar surface area (TPSA) is 55.1 Å². The Kier molecular flexibility index (Phi) is 3.60. The molecule has 0 bridgehead atoms. The van der Waals surface area contributed by atoms with Gasteiger partial charge < -0.3 is 11.1 Å². The zero-order valence-electron chi connectivity index (χ0n) is 9.88. The highest BCUT2D eigenvalue weighted by atomic mass is 19.2. The summed E-state index contributed by atoms with van der Waals surface area (Å²) in [4.78, 5) is 11.8. The van der Waals surface area contributed by atoms with Gasteiger partial charge in [-0.1, -0.05) is 0 Å². The molecule has 0 unspecified atom stereocenters. The predicted octanol–water partition coefficient (Wildman–Crippen LogP) is 3.08. The molecule has 3 nitrogen and oxygen atoms in total. The van der Waals surface area contributed by atoms with Gasteiger partial charge in [-0.2, -0.15) is 0 Å². The Hall–Kier alpha value is -2.57. The number of hydrogen-bond donors (Lipinski definition) is 2. The van der Waals surface area contributed by atoms with E-state index in [9.17, 15) is 22.4 Å². The van der Waals surface area contributed by atoms with Gasteiger partial charge in [-0.05, 0) is 18.2 Å². The van der Waals surface area contributed by atoms with E-state index in [1.807, 2.05) is 0 Å². The molecule has 0 atom stereocenters. The van der Waals surface area contributed by atoms with Crippen LogP contribution in [-0.2, 0) is 0 Å². The number of anilines is 2. The molecule has 0 saturated heterocycles. The van der Waals surface area contributed by atoms with Crippen LogP contribution in [0, 0.1) is 23.3 Å². The smallest absolute Gasteiger partial charge is 0.257 e. The van der Waals surface area contributed by atoms with Crippen LogP contribution in [0.2, 0.25) is 0 Å². The van der Waals surface area contributed by atoms with Crippen molar-refractivity contribution in [2.24, 2.45) is 0 Å². The van der Waals surface area contributed by atoms with Crippen LogP contribution in [0.3, 0.4) is 0 Å². The predicted molar refractivity (Wildman–Crippen MR) is 65.1 cm³/mol. The summed E-state index contributed by atoms with van der Waals surface area (Å²) < 4.78 is 51.7. The second-order valence-electron chi connectivity index (χ2n) is 3.94. The van der Waals surface area contributed by atoms with Gasteiger partial charge in [0.2, 0.25) is 0 Å². The molecular weight excluding hydrogens is 276 g/mol. The van der Waals surface area contributed by atoms with Gasteiger partial charge in [0.15, 0.2) is 17.5 Å². The second kappa shape index (κ2) is 5.20. The van der Waals surface area contributed by atoms with Gasteiger partial charge in [0, 0.05) is 23.5 Å². The van der Waals surface area contributed by atoms with Crippen LogP contribution >= 0.6 is 0 Å². The van der Waals surface area contributed by atoms with Crippen LogP contribution in [0.15, 0.2) is 30.3 Å². The highest BCUT2D eigenvalue weighted by Gasteiger charge is 2.15. The zero-order valence-corrected chi connectivity index (χ0v) is 9.88. The maximum Gasteiger partial charge on any atom is 0.257 e. The van der Waals surface area contributed by atoms with Crippen molar-refractivity contribution in [3.05, 3.63) is 59.2 Å². The summed E-state index contributed by atoms with van der Waals surface area (Å²) in [5.41, 5.74) is 4.98. The first kappa shape index (κ1) is 13.9. The molecule has 7 heteroatoms. The van der Waals surface area contributed by atoms with Gasteiger partial charge in [-0.3, -0.25) is 4.79 Å². The molecule has 0 aromatic heterocycles. The van der Waals surface area contributed by atoms with Crippen LogP contribution in [0.25, 0.3) is 0 Å². The fourth-order valence-corrected chi connectivity index (χ4v) is 1.55. The van der Waals surface area contributed by atoms with Gasteiger partial charge in [-0.15, -0.1) is 0 Å². The first-order chi connectivity index (χ1) is 9.38. The standard InChI is InChI=1S/C13H8F4N2O/c14-6-1-2-11(18)8(3-6)13(20)19-7-4-9(15)12(17)10(16)5-7/h1-5H,18H2,(H,19,20). The minimum Gasteiger partial charge on any atom is -0.398 e. The van der Waals surface area contributed by atoms with Gasteiger partial charge in [0.25, 0.3) is 5.91 Å². The SMILES string of the molecule is Nc1ccc(F)cc1C(=O)Nc1cc(F)c(F)c(F)c1. The summed E-state index contributed by atoms with van der Waals surface area (Å²) in [6.07, 6.45) is 0. The van der Waals surface area contributed by atoms with Gasteiger partial charge in [-0.25, -0.2) is 17.6 Å². The molecule has 0 aliphatic rings. The lowest BCUT2D eigenvalue weighted by Crippen LogP contribution is -2.15. The number of amides is 1. The number of nitrogens with one attached hydrogen (secondary N) is 1. The van der Waals surface area contributed by atoms with Crippen LogP contribution in [0.5, 0.6) is 0 Å². The maximum absolute atomic E-state index is 13.0. The van der Waals surface area contributed by atoms with E-state index in [-0.39, 0.29) is 16.9 Å². The molecule has 0 saturated carbocycles. The summed E-state index contributed by atoms with van der Waals surface area (Å²) in [6.45, 7) is 0. The van der Waals surface area contributed by atoms with E-state index in [4.69, 9.17) is 5.73 Å². The highest BCUT2D eigenvalue weighted by molar-refractivity contribution is 6.07. The normalized spacial score (nSPS) is 10.4. The average molecular weight is 284 g/mol. The van der Waals surface area contributed by atoms with Crippen LogP contribution in [0.1, 0.15) is 10.4 Å². The van der Waals surface area contributed by atoms with Gasteiger partial charge in [0.1, 0.15) is 5.82 Å². The molecule has 0 radical (unpaired) electrons. The van der Waals surface area contributed by atoms with Gasteiger partial charge >= 0.3 is 0 Å². The van der Waals surface area contributed by atoms with E-state index in [1.165, 1.54) is 6.07 Å². The largest absolute Gasteiger partial charge is 0.398 e. The second-order valence-corrected chi connectivity index (χ2v) is 3.94. The number of nitrogens with two attached hydrogens (primary N) is 1. The number of halogens is 4. The lowest BCUT2D eigenvalue weighted by molar-refractivity contribution is 0.102. The van der Waals surface area contributed by atoms with Crippen molar-refractivity contribution in [1.82, 2.24) is 0 Å². The van der Waals surface area contributed by atoms with Gasteiger partial charge in [0.05, 0.1) is 5.56 Å². The van der Waals surface area contributed by atoms with Crippen LogP contribution in [-0.4, -0.2) is 5.91 Å². The summed E-state index contributed by atoms with van der Waals surface area (Å²) in [7, 11) is 0. The molecule has 0 spiro atoms. The third kappa shape index (κ3) is 2.71. The van der Waals surface area contributed by atoms with Crippen molar-refractivity contribution in [2.45, 2.75) is 0 Å². The van der Waals surface area contributed by atoms with E-state index < -0.39 is 29.2 Å². The Morgan fingerprint density at radius 2 is 1.60 bits per heavy atom. The third-order valence-electron chi connectivity index (χ3n) is 2.50. The number of nitrogen functional groups attached to an aromatic ring is 1. The lowest BCUT2D eigenvalue weighted by Gasteiger charge is -2.08. The van der Waals surface area contributed by atoms with Crippen molar-refractivity contribution in [1.29, 1.82) is 0 Å². The Labute approximate surface area is 111 Å². The Balaban J connectivity index is 2.30. The minimum atomic E-state index is -1.65. The van der Waals surface area contributed by atoms with E-state index in [0.717, 1.165) is 12.1 Å². The number of hydrogen-bond acceptors (Lipinski definition) is 2. The molecule has 0 heterocycles. The van der Waals surface area contributed by atoms with Crippen molar-refractivity contribution in [3.63, 3.8) is 0 Å². The van der Waals surface area contributed by atoms with Crippen molar-refractivity contribution in [2.75, 3.05) is 11.1 Å². The molecule has 0 aliphatic carbocycles. The molecule has 2 aromatic carbocycles. The maximum atomic E-state index is 13.0. The zero-order chi connectivity index (χ0) is 14.9. The highest BCUT2D eigenvalue weighted by Crippen LogP contribution is 2.20. The van der Waals surface area contributed by atoms with E-state index in [2.05, 4.69) is 5.32 Å². The van der Waals surface area contributed by atoms with Crippen LogP contribution < -0.4 is 11.1 Å². The Bertz CT molecular complexity index is 665. The monoisotopic (exact) mass is 284 g/mol. The first-order valence-electron chi connectivity index (χ1n) is 5.39. The van der Waals surface area contributed by atoms with E-state index >= 15 is 0 Å². The number of carbonyl (C=O) groups excluding carboxylic acids is 1. The Morgan fingerprint density at radius 3 is 2.20 bits per heavy atom. The average Bonchev–Trinajstić information content (AvgIpc) is 2.38. The molecule has 0 aliphatic heterocycles. The summed E-state index contributed by atoms with van der Waals surface area (Å²) >= 11 is 0. The number of benzene rings is 2. The van der Waals surface area contributed by atoms with E-state index in [1.54, 1.807) is 0 Å². The summed E-state index contributed by atoms with van der Waals surface area (Å²) in [5, 5.41) is 2.10. The molecular formula is C13H8F4N2O. The molecule has 2 aromatic rings. The van der Waals surface area contributed by atoms with Crippen LogP contribution in [0.4, 0.5) is 28.9 Å². The van der Waals surface area contributed by atoms with Crippen molar-refractivity contribution in [3.8, 4) is 0 Å². The quantitative estimate of drug-likeness (QED) is 0.506. The minimum absolute atomic E-state index is 0.00745. The number of rotatable bonds is 2. The molecule has 104 valence electrons. The molecule has 1 amide bonds. The van der Waals surface area contributed by atoms with Crippen molar-refractivity contribution < 1.29 is 22.4 Å². The Morgan fingerprint density at radius 1 is 1.00 bits per heavy atom. The first-order valence-corrected chi connectivity index (χ1v) is 5.39. The summed E-state index contributed by atoms with van der Waals surface area (Å²) in [6, 6.07) is 4.32. The molecule has 20 heavy (non-hydrogen) atoms. The molecule has 0 fully saturated rings. The van der Waals surface area contributed by atoms with E-state index in [0.29, 0.717) is 12.1 Å². The fourth-order valence-electron chi connectivity index (χ4n) is 1.55.